The summed E-state index contributed by atoms with van der Waals surface area (Å²) in [6, 6.07) is 18.0. The molecule has 212 valence electrons. The average Bonchev–Trinajstić information content (AvgIpc) is 2.96. The van der Waals surface area contributed by atoms with Gasteiger partial charge in [0.2, 0.25) is 0 Å². The Kier molecular flexibility index (Phi) is 8.76. The minimum absolute atomic E-state index is 0.0695. The first-order valence-electron chi connectivity index (χ1n) is 13.1. The lowest BCUT2D eigenvalue weighted by atomic mass is 9.75. The number of nitrogens with zero attached hydrogens (tertiary/aromatic N) is 2. The summed E-state index contributed by atoms with van der Waals surface area (Å²) in [4.78, 5) is 62.3. The average molecular weight is 557 g/mol. The predicted octanol–water partition coefficient (Wildman–Crippen LogP) is 4.70. The second kappa shape index (κ2) is 12.2. The lowest BCUT2D eigenvalue weighted by molar-refractivity contribution is -0.154. The molecule has 0 N–H and O–H groups in total. The molecule has 4 rings (SSSR count). The Morgan fingerprint density at radius 3 is 1.24 bits per heavy atom. The molecular weight excluding hydrogens is 524 g/mol. The van der Waals surface area contributed by atoms with Crippen molar-refractivity contribution in [2.24, 2.45) is 21.8 Å². The topological polar surface area (TPSA) is 121 Å². The number of methoxy groups -OCH3 is 2. The van der Waals surface area contributed by atoms with Crippen molar-refractivity contribution < 1.29 is 33.4 Å². The second-order valence-electron chi connectivity index (χ2n) is 9.96. The van der Waals surface area contributed by atoms with Crippen molar-refractivity contribution in [3.05, 3.63) is 94.3 Å². The Morgan fingerprint density at radius 1 is 0.585 bits per heavy atom. The first-order chi connectivity index (χ1) is 19.6. The fourth-order valence-electron chi connectivity index (χ4n) is 5.70. The molecule has 0 bridgehead atoms. The highest BCUT2D eigenvalue weighted by Gasteiger charge is 2.45. The minimum atomic E-state index is -0.945. The first-order valence-corrected chi connectivity index (χ1v) is 13.1. The van der Waals surface area contributed by atoms with E-state index in [0.29, 0.717) is 33.9 Å². The van der Waals surface area contributed by atoms with Crippen LogP contribution in [-0.2, 0) is 33.4 Å². The van der Waals surface area contributed by atoms with Crippen molar-refractivity contribution in [3.8, 4) is 0 Å². The maximum absolute atomic E-state index is 13.8. The molecule has 9 nitrogen and oxygen atoms in total. The second-order valence-corrected chi connectivity index (χ2v) is 9.96. The number of carbonyl (C=O) groups excluding carboxylic acids is 4. The number of hydrogen-bond acceptors (Lipinski definition) is 9. The molecule has 2 aliphatic rings. The van der Waals surface area contributed by atoms with Gasteiger partial charge in [0.25, 0.3) is 0 Å². The highest BCUT2D eigenvalue weighted by atomic mass is 16.6. The van der Waals surface area contributed by atoms with E-state index in [-0.39, 0.29) is 11.1 Å². The SMILES string of the molecule is COC(=O)C1C(C)=NC(C)=C(C(=O)OC(=O)C2=C(C)N=C(C)C(C(=O)OC)C2c2ccccc2)C1c1ccccc1. The fraction of sp³-hybridized carbons (Fsp3) is 0.312. The van der Waals surface area contributed by atoms with E-state index in [0.717, 1.165) is 0 Å². The van der Waals surface area contributed by atoms with E-state index in [1.807, 2.05) is 12.1 Å². The Bertz CT molecular complexity index is 1390. The molecule has 0 fully saturated rings. The van der Waals surface area contributed by atoms with Crippen LogP contribution in [0, 0.1) is 11.8 Å². The summed E-state index contributed by atoms with van der Waals surface area (Å²) in [6.07, 6.45) is 0. The largest absolute Gasteiger partial charge is 0.468 e. The normalized spacial score (nSPS) is 22.4. The van der Waals surface area contributed by atoms with Crippen molar-refractivity contribution >= 4 is 35.3 Å². The van der Waals surface area contributed by atoms with Gasteiger partial charge in [0, 0.05) is 34.7 Å². The zero-order valence-corrected chi connectivity index (χ0v) is 23.8. The lowest BCUT2D eigenvalue weighted by Crippen LogP contribution is -2.38. The van der Waals surface area contributed by atoms with Crippen LogP contribution in [0.4, 0.5) is 0 Å². The summed E-state index contributed by atoms with van der Waals surface area (Å²) < 4.78 is 15.6. The molecule has 2 aliphatic heterocycles. The Hall–Kier alpha value is -4.66. The number of allylic oxidation sites excluding steroid dienone is 2. The third kappa shape index (κ3) is 5.66. The number of rotatable bonds is 6. The summed E-state index contributed by atoms with van der Waals surface area (Å²) in [7, 11) is 2.54. The van der Waals surface area contributed by atoms with Crippen LogP contribution in [0.15, 0.2) is 93.2 Å². The van der Waals surface area contributed by atoms with Crippen LogP contribution in [-0.4, -0.2) is 49.5 Å². The maximum Gasteiger partial charge on any atom is 0.344 e. The number of hydrogen-bond donors (Lipinski definition) is 0. The number of benzene rings is 2. The molecule has 0 saturated heterocycles. The molecule has 4 unspecified atom stereocenters. The third-order valence-corrected chi connectivity index (χ3v) is 7.51. The van der Waals surface area contributed by atoms with Crippen LogP contribution in [0.1, 0.15) is 50.7 Å². The molecule has 41 heavy (non-hydrogen) atoms. The van der Waals surface area contributed by atoms with Gasteiger partial charge >= 0.3 is 23.9 Å². The van der Waals surface area contributed by atoms with E-state index in [1.54, 1.807) is 76.2 Å². The van der Waals surface area contributed by atoms with E-state index in [2.05, 4.69) is 9.98 Å². The van der Waals surface area contributed by atoms with Crippen LogP contribution in [0.25, 0.3) is 0 Å². The van der Waals surface area contributed by atoms with E-state index >= 15 is 0 Å². The van der Waals surface area contributed by atoms with E-state index in [4.69, 9.17) is 14.2 Å². The van der Waals surface area contributed by atoms with Gasteiger partial charge in [0.15, 0.2) is 0 Å². The van der Waals surface area contributed by atoms with Gasteiger partial charge in [-0.2, -0.15) is 0 Å². The molecule has 2 aromatic carbocycles. The van der Waals surface area contributed by atoms with Crippen LogP contribution >= 0.6 is 0 Å². The summed E-state index contributed by atoms with van der Waals surface area (Å²) >= 11 is 0. The van der Waals surface area contributed by atoms with Crippen molar-refractivity contribution in [1.82, 2.24) is 0 Å². The standard InChI is InChI=1S/C32H32N2O7/c1-17-23(29(35)39-5)27(21-13-9-7-10-14-21)25(19(3)33-17)31(37)41-32(38)26-20(4)34-18(2)24(30(36)40-6)28(26)22-15-11-8-12-16-22/h7-16,23-24,27-28H,1-6H3. The fourth-order valence-corrected chi connectivity index (χ4v) is 5.70. The highest BCUT2D eigenvalue weighted by molar-refractivity contribution is 6.11. The van der Waals surface area contributed by atoms with Gasteiger partial charge in [-0.1, -0.05) is 60.7 Å². The summed E-state index contributed by atoms with van der Waals surface area (Å²) in [5, 5.41) is 0. The molecule has 0 aromatic heterocycles. The number of carbonyl (C=O) groups is 4. The van der Waals surface area contributed by atoms with E-state index in [9.17, 15) is 19.2 Å². The van der Waals surface area contributed by atoms with Gasteiger partial charge in [-0.3, -0.25) is 19.6 Å². The predicted molar refractivity (Wildman–Crippen MR) is 152 cm³/mol. The quantitative estimate of drug-likeness (QED) is 0.287. The lowest BCUT2D eigenvalue weighted by Gasteiger charge is -2.32. The molecule has 0 aliphatic carbocycles. The Morgan fingerprint density at radius 2 is 0.927 bits per heavy atom. The Balaban J connectivity index is 1.78. The van der Waals surface area contributed by atoms with Crippen LogP contribution in [0.5, 0.6) is 0 Å². The van der Waals surface area contributed by atoms with Crippen LogP contribution in [0.3, 0.4) is 0 Å². The van der Waals surface area contributed by atoms with Crippen LogP contribution in [0.2, 0.25) is 0 Å². The maximum atomic E-state index is 13.8. The molecular formula is C32H32N2O7. The van der Waals surface area contributed by atoms with E-state index in [1.165, 1.54) is 14.2 Å². The van der Waals surface area contributed by atoms with Crippen molar-refractivity contribution in [3.63, 3.8) is 0 Å². The molecule has 0 amide bonds. The summed E-state index contributed by atoms with van der Waals surface area (Å²) in [5.41, 5.74) is 3.07. The van der Waals surface area contributed by atoms with Crippen LogP contribution < -0.4 is 0 Å². The van der Waals surface area contributed by atoms with Crippen molar-refractivity contribution in [2.75, 3.05) is 14.2 Å². The van der Waals surface area contributed by atoms with Gasteiger partial charge in [0.05, 0.1) is 25.4 Å². The monoisotopic (exact) mass is 556 g/mol. The van der Waals surface area contributed by atoms with Gasteiger partial charge in [0.1, 0.15) is 11.8 Å². The molecule has 2 heterocycles. The molecule has 9 heteroatoms. The van der Waals surface area contributed by atoms with E-state index < -0.39 is 47.5 Å². The zero-order valence-electron chi connectivity index (χ0n) is 23.8. The summed E-state index contributed by atoms with van der Waals surface area (Å²) in [5.74, 6) is -6.40. The first kappa shape index (κ1) is 29.3. The Labute approximate surface area is 238 Å². The number of esters is 4. The van der Waals surface area contributed by atoms with Gasteiger partial charge < -0.3 is 14.2 Å². The van der Waals surface area contributed by atoms with Crippen molar-refractivity contribution in [2.45, 2.75) is 39.5 Å². The van der Waals surface area contributed by atoms with Gasteiger partial charge in [-0.05, 0) is 38.8 Å². The number of ether oxygens (including phenoxy) is 3. The molecule has 0 saturated carbocycles. The molecule has 0 radical (unpaired) electrons. The minimum Gasteiger partial charge on any atom is -0.468 e. The third-order valence-electron chi connectivity index (χ3n) is 7.51. The molecule has 0 spiro atoms. The molecule has 4 atom stereocenters. The zero-order chi connectivity index (χ0) is 29.8. The van der Waals surface area contributed by atoms with Crippen molar-refractivity contribution in [1.29, 1.82) is 0 Å². The smallest absolute Gasteiger partial charge is 0.344 e. The van der Waals surface area contributed by atoms with Gasteiger partial charge in [-0.25, -0.2) is 9.59 Å². The van der Waals surface area contributed by atoms with Gasteiger partial charge in [-0.15, -0.1) is 0 Å². The highest BCUT2D eigenvalue weighted by Crippen LogP contribution is 2.42. The number of aliphatic imine (C=N–C) groups is 2. The summed E-state index contributed by atoms with van der Waals surface area (Å²) in [6.45, 7) is 6.66. The molecule has 2 aromatic rings.